The largest absolute Gasteiger partial charge is 0.327 e. The Morgan fingerprint density at radius 2 is 2.42 bits per heavy atom. The molecule has 0 aromatic carbocycles. The lowest BCUT2D eigenvalue weighted by atomic mass is 9.80. The van der Waals surface area contributed by atoms with Crippen LogP contribution in [-0.2, 0) is 10.2 Å². The summed E-state index contributed by atoms with van der Waals surface area (Å²) in [5.41, 5.74) is 8.08. The van der Waals surface area contributed by atoms with Crippen molar-refractivity contribution < 1.29 is 4.79 Å². The molecule has 5 nitrogen and oxygen atoms in total. The van der Waals surface area contributed by atoms with Gasteiger partial charge in [-0.25, -0.2) is 4.98 Å². The number of anilines is 1. The van der Waals surface area contributed by atoms with Gasteiger partial charge in [0.25, 0.3) is 0 Å². The molecule has 1 aromatic heterocycles. The minimum atomic E-state index is -0.542. The molecule has 5 heteroatoms. The van der Waals surface area contributed by atoms with Crippen molar-refractivity contribution in [3.8, 4) is 0 Å². The number of nitrogens with zero attached hydrogens (tertiary/aromatic N) is 2. The number of carbonyl (C=O) groups is 1. The Hall–Kier alpha value is -2.01. The zero-order chi connectivity index (χ0) is 13.5. The first-order valence-electron chi connectivity index (χ1n) is 6.33. The van der Waals surface area contributed by atoms with E-state index < -0.39 is 5.41 Å². The maximum Gasteiger partial charge on any atom is 0.237 e. The van der Waals surface area contributed by atoms with Crippen molar-refractivity contribution in [2.45, 2.75) is 18.3 Å². The number of allylic oxidation sites excluding steroid dienone is 1. The Bertz CT molecular complexity index is 605. The Morgan fingerprint density at radius 3 is 3.16 bits per heavy atom. The molecule has 1 aliphatic carbocycles. The molecule has 1 amide bonds. The average Bonchev–Trinajstić information content (AvgIpc) is 2.91. The van der Waals surface area contributed by atoms with Gasteiger partial charge in [-0.1, -0.05) is 12.1 Å². The molecule has 2 aliphatic rings. The van der Waals surface area contributed by atoms with Gasteiger partial charge in [-0.3, -0.25) is 9.79 Å². The quantitative estimate of drug-likeness (QED) is 0.787. The van der Waals surface area contributed by atoms with Crippen molar-refractivity contribution in [2.75, 3.05) is 18.9 Å². The molecule has 1 aliphatic heterocycles. The molecule has 0 radical (unpaired) electrons. The van der Waals surface area contributed by atoms with E-state index in [2.05, 4.69) is 15.3 Å². The van der Waals surface area contributed by atoms with Crippen molar-refractivity contribution in [3.05, 3.63) is 35.5 Å². The molecule has 1 unspecified atom stereocenters. The molecule has 3 N–H and O–H groups in total. The van der Waals surface area contributed by atoms with Gasteiger partial charge in [-0.15, -0.1) is 0 Å². The van der Waals surface area contributed by atoms with Crippen LogP contribution < -0.4 is 11.1 Å². The summed E-state index contributed by atoms with van der Waals surface area (Å²) in [6, 6.07) is 3.84. The van der Waals surface area contributed by atoms with Gasteiger partial charge in [0, 0.05) is 37.5 Å². The summed E-state index contributed by atoms with van der Waals surface area (Å²) in [7, 11) is 1.76. The number of nitrogens with two attached hydrogens (primary N) is 1. The third kappa shape index (κ3) is 1.62. The van der Waals surface area contributed by atoms with E-state index in [4.69, 9.17) is 5.73 Å². The van der Waals surface area contributed by atoms with Crippen LogP contribution in [-0.4, -0.2) is 30.2 Å². The number of fused-ring (bicyclic) bond motifs is 2. The molecule has 1 saturated carbocycles. The van der Waals surface area contributed by atoms with Crippen LogP contribution in [0.5, 0.6) is 0 Å². The van der Waals surface area contributed by atoms with Crippen LogP contribution in [0.4, 0.5) is 5.82 Å². The SMILES string of the molecule is CN=C1CC2(CC1=CCN)C(=O)Nc1ncccc12. The Labute approximate surface area is 111 Å². The lowest BCUT2D eigenvalue weighted by molar-refractivity contribution is -0.120. The summed E-state index contributed by atoms with van der Waals surface area (Å²) < 4.78 is 0. The lowest BCUT2D eigenvalue weighted by Crippen LogP contribution is -2.31. The predicted octanol–water partition coefficient (Wildman–Crippen LogP) is 1.02. The van der Waals surface area contributed by atoms with E-state index in [0.29, 0.717) is 25.2 Å². The molecule has 1 fully saturated rings. The number of amides is 1. The second-order valence-electron chi connectivity index (χ2n) is 4.92. The lowest BCUT2D eigenvalue weighted by Gasteiger charge is -2.19. The van der Waals surface area contributed by atoms with Crippen molar-refractivity contribution in [3.63, 3.8) is 0 Å². The third-order valence-corrected chi connectivity index (χ3v) is 3.96. The summed E-state index contributed by atoms with van der Waals surface area (Å²) in [4.78, 5) is 20.9. The number of hydrogen-bond donors (Lipinski definition) is 2. The molecule has 1 atom stereocenters. The van der Waals surface area contributed by atoms with Crippen LogP contribution in [0.25, 0.3) is 0 Å². The van der Waals surface area contributed by atoms with Crippen molar-refractivity contribution in [1.82, 2.24) is 4.98 Å². The molecule has 0 saturated heterocycles. The topological polar surface area (TPSA) is 80.4 Å². The number of nitrogens with one attached hydrogen (secondary N) is 1. The third-order valence-electron chi connectivity index (χ3n) is 3.96. The van der Waals surface area contributed by atoms with Crippen LogP contribution in [0.2, 0.25) is 0 Å². The number of hydrogen-bond acceptors (Lipinski definition) is 4. The first-order valence-corrected chi connectivity index (χ1v) is 6.33. The van der Waals surface area contributed by atoms with E-state index in [0.717, 1.165) is 16.8 Å². The minimum absolute atomic E-state index is 0.0165. The zero-order valence-corrected chi connectivity index (χ0v) is 10.8. The van der Waals surface area contributed by atoms with Crippen molar-refractivity contribution in [2.24, 2.45) is 10.7 Å². The van der Waals surface area contributed by atoms with Crippen LogP contribution in [0.1, 0.15) is 18.4 Å². The molecule has 1 aromatic rings. The highest BCUT2D eigenvalue weighted by Gasteiger charge is 2.52. The smallest absolute Gasteiger partial charge is 0.237 e. The van der Waals surface area contributed by atoms with Gasteiger partial charge in [0.1, 0.15) is 5.82 Å². The zero-order valence-electron chi connectivity index (χ0n) is 10.8. The van der Waals surface area contributed by atoms with Crippen molar-refractivity contribution in [1.29, 1.82) is 0 Å². The minimum Gasteiger partial charge on any atom is -0.327 e. The standard InChI is InChI=1S/C14H16N4O/c1-16-11-8-14(7-9(11)4-5-15)10-3-2-6-17-12(10)18-13(14)19/h2-4,6H,5,7-8,15H2,1H3,(H,17,18,19). The maximum atomic E-state index is 12.4. The van der Waals surface area contributed by atoms with Crippen LogP contribution in [0, 0.1) is 0 Å². The molecule has 98 valence electrons. The fourth-order valence-corrected chi connectivity index (χ4v) is 3.04. The molecular weight excluding hydrogens is 240 g/mol. The second-order valence-corrected chi connectivity index (χ2v) is 4.92. The van der Waals surface area contributed by atoms with E-state index in [-0.39, 0.29) is 5.91 Å². The summed E-state index contributed by atoms with van der Waals surface area (Å²) in [6.07, 6.45) is 4.93. The monoisotopic (exact) mass is 256 g/mol. The normalized spacial score (nSPS) is 29.3. The van der Waals surface area contributed by atoms with E-state index in [1.54, 1.807) is 13.2 Å². The molecule has 1 spiro atoms. The van der Waals surface area contributed by atoms with Gasteiger partial charge in [0.05, 0.1) is 5.41 Å². The van der Waals surface area contributed by atoms with Gasteiger partial charge in [0.15, 0.2) is 0 Å². The summed E-state index contributed by atoms with van der Waals surface area (Å²) in [6.45, 7) is 0.464. The van der Waals surface area contributed by atoms with E-state index >= 15 is 0 Å². The number of carbonyl (C=O) groups excluding carboxylic acids is 1. The van der Waals surface area contributed by atoms with Gasteiger partial charge < -0.3 is 11.1 Å². The molecular formula is C14H16N4O. The van der Waals surface area contributed by atoms with Crippen LogP contribution in [0.3, 0.4) is 0 Å². The predicted molar refractivity (Wildman–Crippen MR) is 74.3 cm³/mol. The first-order chi connectivity index (χ1) is 9.21. The fraction of sp³-hybridized carbons (Fsp3) is 0.357. The number of aliphatic imine (C=N–C) groups is 1. The molecule has 0 bridgehead atoms. The highest BCUT2D eigenvalue weighted by atomic mass is 16.2. The van der Waals surface area contributed by atoms with Crippen LogP contribution >= 0.6 is 0 Å². The van der Waals surface area contributed by atoms with Crippen molar-refractivity contribution >= 4 is 17.4 Å². The molecule has 3 rings (SSSR count). The Morgan fingerprint density at radius 1 is 1.58 bits per heavy atom. The average molecular weight is 256 g/mol. The number of pyridine rings is 1. The Balaban J connectivity index is 2.11. The summed E-state index contributed by atoms with van der Waals surface area (Å²) in [5, 5.41) is 2.87. The summed E-state index contributed by atoms with van der Waals surface area (Å²) in [5.74, 6) is 0.694. The van der Waals surface area contributed by atoms with Gasteiger partial charge in [0.2, 0.25) is 5.91 Å². The highest BCUT2D eigenvalue weighted by Crippen LogP contribution is 2.48. The Kier molecular flexibility index (Phi) is 2.71. The second kappa shape index (κ2) is 4.28. The van der Waals surface area contributed by atoms with E-state index in [1.807, 2.05) is 18.2 Å². The first kappa shape index (κ1) is 12.0. The maximum absolute atomic E-state index is 12.4. The summed E-state index contributed by atoms with van der Waals surface area (Å²) >= 11 is 0. The molecule has 2 heterocycles. The van der Waals surface area contributed by atoms with Gasteiger partial charge in [-0.05, 0) is 18.1 Å². The van der Waals surface area contributed by atoms with Gasteiger partial charge >= 0.3 is 0 Å². The van der Waals surface area contributed by atoms with E-state index in [1.165, 1.54) is 0 Å². The van der Waals surface area contributed by atoms with Crippen LogP contribution in [0.15, 0.2) is 35.0 Å². The molecule has 19 heavy (non-hydrogen) atoms. The van der Waals surface area contributed by atoms with Gasteiger partial charge in [-0.2, -0.15) is 0 Å². The fourth-order valence-electron chi connectivity index (χ4n) is 3.04. The van der Waals surface area contributed by atoms with E-state index in [9.17, 15) is 4.79 Å². The number of rotatable bonds is 1. The number of aromatic nitrogens is 1. The highest BCUT2D eigenvalue weighted by molar-refractivity contribution is 6.15.